The van der Waals surface area contributed by atoms with Gasteiger partial charge in [0, 0.05) is 11.8 Å². The van der Waals surface area contributed by atoms with Crippen molar-refractivity contribution in [2.75, 3.05) is 0 Å². The summed E-state index contributed by atoms with van der Waals surface area (Å²) in [6, 6.07) is 1.71. The van der Waals surface area contributed by atoms with Gasteiger partial charge in [-0.05, 0) is 12.5 Å². The fraction of sp³-hybridized carbons (Fsp3) is 0.222. The summed E-state index contributed by atoms with van der Waals surface area (Å²) in [7, 11) is 0. The van der Waals surface area contributed by atoms with Gasteiger partial charge in [0.2, 0.25) is 0 Å². The average molecular weight is 196 g/mol. The lowest BCUT2D eigenvalue weighted by Gasteiger charge is -2.06. The maximum atomic E-state index is 12.3. The average Bonchev–Trinajstić information content (AvgIpc) is 2.16. The van der Waals surface area contributed by atoms with Crippen molar-refractivity contribution in [3.8, 4) is 6.07 Å². The molecule has 0 radical (unpaired) electrons. The predicted molar refractivity (Wildman–Crippen MR) is 44.0 cm³/mol. The molecule has 0 saturated carbocycles. The van der Waals surface area contributed by atoms with Crippen LogP contribution in [-0.4, -0.2) is 11.3 Å². The van der Waals surface area contributed by atoms with Crippen LogP contribution >= 0.6 is 0 Å². The van der Waals surface area contributed by atoms with Crippen LogP contribution in [0.5, 0.6) is 0 Å². The zero-order valence-corrected chi connectivity index (χ0v) is 7.29. The lowest BCUT2D eigenvalue weighted by Crippen LogP contribution is -2.01. The molecule has 0 unspecified atom stereocenters. The van der Waals surface area contributed by atoms with Crippen molar-refractivity contribution in [3.05, 3.63) is 28.6 Å². The summed E-state index contributed by atoms with van der Waals surface area (Å²) in [5, 5.41) is 8.57. The number of hydrogen-bond donors (Lipinski definition) is 0. The Morgan fingerprint density at radius 1 is 1.64 bits per heavy atom. The highest BCUT2D eigenvalue weighted by Crippen LogP contribution is 2.23. The van der Waals surface area contributed by atoms with E-state index in [9.17, 15) is 13.6 Å². The molecule has 72 valence electrons. The van der Waals surface area contributed by atoms with Crippen molar-refractivity contribution in [1.82, 2.24) is 4.98 Å². The number of halogens is 2. The molecule has 1 aromatic rings. The topological polar surface area (TPSA) is 53.8 Å². The Morgan fingerprint density at radius 2 is 2.29 bits per heavy atom. The number of nitriles is 1. The second kappa shape index (κ2) is 3.92. The Labute approximate surface area is 79.0 Å². The van der Waals surface area contributed by atoms with Crippen molar-refractivity contribution >= 4 is 6.29 Å². The Kier molecular flexibility index (Phi) is 2.87. The monoisotopic (exact) mass is 196 g/mol. The van der Waals surface area contributed by atoms with E-state index in [1.165, 1.54) is 6.92 Å². The maximum Gasteiger partial charge on any atom is 0.280 e. The molecule has 1 rings (SSSR count). The minimum absolute atomic E-state index is 0.0156. The Bertz CT molecular complexity index is 410. The van der Waals surface area contributed by atoms with Crippen LogP contribution in [0.15, 0.2) is 6.20 Å². The van der Waals surface area contributed by atoms with Gasteiger partial charge < -0.3 is 0 Å². The molecule has 5 heteroatoms. The first-order chi connectivity index (χ1) is 6.61. The smallest absolute Gasteiger partial charge is 0.280 e. The third kappa shape index (κ3) is 1.59. The van der Waals surface area contributed by atoms with E-state index in [0.717, 1.165) is 6.20 Å². The molecule has 1 aromatic heterocycles. The molecule has 0 saturated heterocycles. The summed E-state index contributed by atoms with van der Waals surface area (Å²) in [5.41, 5.74) is -0.389. The standard InChI is InChI=1S/C9H6F2N2O/c1-5-7(4-14)6(2-12)3-13-8(5)9(10)11/h3-4,9H,1H3. The number of rotatable bonds is 2. The van der Waals surface area contributed by atoms with E-state index in [0.29, 0.717) is 6.29 Å². The molecule has 0 aromatic carbocycles. The van der Waals surface area contributed by atoms with Crippen LogP contribution in [0.25, 0.3) is 0 Å². The molecule has 0 atom stereocenters. The van der Waals surface area contributed by atoms with Crippen LogP contribution in [0.3, 0.4) is 0 Å². The number of carbonyl (C=O) groups is 1. The number of pyridine rings is 1. The first kappa shape index (κ1) is 10.3. The maximum absolute atomic E-state index is 12.3. The van der Waals surface area contributed by atoms with Crippen molar-refractivity contribution < 1.29 is 13.6 Å². The predicted octanol–water partition coefficient (Wildman–Crippen LogP) is 2.01. The fourth-order valence-electron chi connectivity index (χ4n) is 1.10. The third-order valence-corrected chi connectivity index (χ3v) is 1.86. The second-order valence-electron chi connectivity index (χ2n) is 2.63. The van der Waals surface area contributed by atoms with Gasteiger partial charge in [-0.3, -0.25) is 9.78 Å². The number of nitrogens with zero attached hydrogens (tertiary/aromatic N) is 2. The van der Waals surface area contributed by atoms with Crippen molar-refractivity contribution in [3.63, 3.8) is 0 Å². The Balaban J connectivity index is 3.44. The summed E-state index contributed by atoms with van der Waals surface area (Å²) in [6.07, 6.45) is -1.36. The van der Waals surface area contributed by atoms with E-state index in [2.05, 4.69) is 4.98 Å². The molecular weight excluding hydrogens is 190 g/mol. The van der Waals surface area contributed by atoms with Gasteiger partial charge in [0.1, 0.15) is 11.8 Å². The van der Waals surface area contributed by atoms with E-state index in [4.69, 9.17) is 5.26 Å². The molecule has 0 N–H and O–H groups in total. The first-order valence-electron chi connectivity index (χ1n) is 3.74. The van der Waals surface area contributed by atoms with E-state index in [1.54, 1.807) is 6.07 Å². The SMILES string of the molecule is Cc1c(C(F)F)ncc(C#N)c1C=O. The molecule has 0 aliphatic heterocycles. The number of hydrogen-bond acceptors (Lipinski definition) is 3. The van der Waals surface area contributed by atoms with E-state index >= 15 is 0 Å². The molecule has 0 amide bonds. The Morgan fingerprint density at radius 3 is 2.71 bits per heavy atom. The van der Waals surface area contributed by atoms with Crippen LogP contribution < -0.4 is 0 Å². The highest BCUT2D eigenvalue weighted by molar-refractivity contribution is 5.81. The number of alkyl halides is 2. The van der Waals surface area contributed by atoms with Gasteiger partial charge in [-0.1, -0.05) is 0 Å². The number of aldehydes is 1. The van der Waals surface area contributed by atoms with Crippen molar-refractivity contribution in [2.24, 2.45) is 0 Å². The van der Waals surface area contributed by atoms with Gasteiger partial charge in [-0.15, -0.1) is 0 Å². The summed E-state index contributed by atoms with van der Waals surface area (Å²) in [4.78, 5) is 14.0. The molecule has 0 bridgehead atoms. The summed E-state index contributed by atoms with van der Waals surface area (Å²) in [5.74, 6) is 0. The minimum Gasteiger partial charge on any atom is -0.298 e. The van der Waals surface area contributed by atoms with E-state index in [-0.39, 0.29) is 16.7 Å². The van der Waals surface area contributed by atoms with Crippen molar-refractivity contribution in [2.45, 2.75) is 13.3 Å². The zero-order chi connectivity index (χ0) is 10.7. The second-order valence-corrected chi connectivity index (χ2v) is 2.63. The molecule has 0 aliphatic carbocycles. The van der Waals surface area contributed by atoms with Crippen LogP contribution in [0, 0.1) is 18.3 Å². The van der Waals surface area contributed by atoms with Crippen LogP contribution in [-0.2, 0) is 0 Å². The molecule has 0 fully saturated rings. The molecular formula is C9H6F2N2O. The van der Waals surface area contributed by atoms with Gasteiger partial charge in [0.05, 0.1) is 5.56 Å². The zero-order valence-electron chi connectivity index (χ0n) is 7.29. The van der Waals surface area contributed by atoms with Gasteiger partial charge in [-0.25, -0.2) is 8.78 Å². The van der Waals surface area contributed by atoms with Crippen molar-refractivity contribution in [1.29, 1.82) is 5.26 Å². The van der Waals surface area contributed by atoms with Crippen LogP contribution in [0.2, 0.25) is 0 Å². The summed E-state index contributed by atoms with van der Waals surface area (Å²) in [6.45, 7) is 1.35. The first-order valence-corrected chi connectivity index (χ1v) is 3.74. The summed E-state index contributed by atoms with van der Waals surface area (Å²) < 4.78 is 24.6. The molecule has 0 spiro atoms. The molecule has 0 aliphatic rings. The summed E-state index contributed by atoms with van der Waals surface area (Å²) >= 11 is 0. The molecule has 3 nitrogen and oxygen atoms in total. The van der Waals surface area contributed by atoms with Gasteiger partial charge >= 0.3 is 0 Å². The fourth-order valence-corrected chi connectivity index (χ4v) is 1.10. The number of carbonyl (C=O) groups excluding carboxylic acids is 1. The van der Waals surface area contributed by atoms with Crippen LogP contribution in [0.4, 0.5) is 8.78 Å². The third-order valence-electron chi connectivity index (χ3n) is 1.86. The van der Waals surface area contributed by atoms with E-state index in [1.807, 2.05) is 0 Å². The normalized spacial score (nSPS) is 9.93. The highest BCUT2D eigenvalue weighted by atomic mass is 19.3. The Hall–Kier alpha value is -1.83. The minimum atomic E-state index is -2.73. The van der Waals surface area contributed by atoms with Gasteiger partial charge in [0.15, 0.2) is 6.29 Å². The lowest BCUT2D eigenvalue weighted by molar-refractivity contribution is 0.112. The van der Waals surface area contributed by atoms with E-state index < -0.39 is 12.1 Å². The molecule has 1 heterocycles. The lowest BCUT2D eigenvalue weighted by atomic mass is 10.0. The molecule has 14 heavy (non-hydrogen) atoms. The van der Waals surface area contributed by atoms with Crippen LogP contribution in [0.1, 0.15) is 33.6 Å². The van der Waals surface area contributed by atoms with Gasteiger partial charge in [0.25, 0.3) is 6.43 Å². The quantitative estimate of drug-likeness (QED) is 0.680. The number of aromatic nitrogens is 1. The van der Waals surface area contributed by atoms with Gasteiger partial charge in [-0.2, -0.15) is 5.26 Å². The highest BCUT2D eigenvalue weighted by Gasteiger charge is 2.17. The largest absolute Gasteiger partial charge is 0.298 e.